The van der Waals surface area contributed by atoms with Crippen molar-refractivity contribution in [3.05, 3.63) is 100 Å². The highest BCUT2D eigenvalue weighted by Crippen LogP contribution is 2.39. The highest BCUT2D eigenvalue weighted by atomic mass is 35.5. The summed E-state index contributed by atoms with van der Waals surface area (Å²) in [6, 6.07) is 20.4. The number of halogens is 4. The number of ether oxygens (including phenoxy) is 3. The number of hydrogen-bond donors (Lipinski definition) is 0. The van der Waals surface area contributed by atoms with E-state index in [0.29, 0.717) is 16.1 Å². The molecule has 0 bridgehead atoms. The molecule has 0 saturated carbocycles. The highest BCUT2D eigenvalue weighted by molar-refractivity contribution is 6.30. The number of alkyl halides is 3. The second kappa shape index (κ2) is 12.7. The minimum absolute atomic E-state index is 0.0540. The smallest absolute Gasteiger partial charge is 0.456 e. The Labute approximate surface area is 226 Å². The van der Waals surface area contributed by atoms with Crippen LogP contribution >= 0.6 is 11.6 Å². The van der Waals surface area contributed by atoms with Gasteiger partial charge in [-0.15, -0.1) is 13.2 Å². The fourth-order valence-electron chi connectivity index (χ4n) is 4.08. The Hall–Kier alpha value is -3.03. The van der Waals surface area contributed by atoms with E-state index in [1.165, 1.54) is 12.1 Å². The topological polar surface area (TPSA) is 44.8 Å². The van der Waals surface area contributed by atoms with Gasteiger partial charge in [0.05, 0.1) is 18.3 Å². The first kappa shape index (κ1) is 29.5. The van der Waals surface area contributed by atoms with Crippen molar-refractivity contribution < 1.29 is 32.2 Å². The largest absolute Gasteiger partial charge is 0.573 e. The Morgan fingerprint density at radius 2 is 1.45 bits per heavy atom. The Morgan fingerprint density at radius 3 is 1.97 bits per heavy atom. The van der Waals surface area contributed by atoms with Crippen LogP contribution in [0.1, 0.15) is 79.6 Å². The van der Waals surface area contributed by atoms with Gasteiger partial charge < -0.3 is 14.2 Å². The molecule has 1 unspecified atom stereocenters. The third-order valence-electron chi connectivity index (χ3n) is 5.72. The van der Waals surface area contributed by atoms with E-state index in [9.17, 15) is 18.0 Å². The molecule has 204 valence electrons. The minimum Gasteiger partial charge on any atom is -0.456 e. The molecule has 0 spiro atoms. The Balaban J connectivity index is 1.85. The first-order valence-corrected chi connectivity index (χ1v) is 12.8. The number of carbonyl (C=O) groups excluding carboxylic acids is 1. The highest BCUT2D eigenvalue weighted by Gasteiger charge is 2.31. The summed E-state index contributed by atoms with van der Waals surface area (Å²) in [5.74, 6) is -0.731. The molecule has 0 aromatic heterocycles. The standard InChI is InChI=1S/C30H32ClF3O4/c1-5-6-26(21-9-11-23(12-10-21)28(35)38-29(2,3)4)27(22-13-15-24(31)16-14-22)36-19-20-7-17-25(18-8-20)37-30(32,33)34/h7-18,26-27H,5-6,19H2,1-4H3/t26-,27?/m1/s1. The number of benzene rings is 3. The van der Waals surface area contributed by atoms with Crippen molar-refractivity contribution in [1.29, 1.82) is 0 Å². The van der Waals surface area contributed by atoms with E-state index in [4.69, 9.17) is 21.1 Å². The lowest BCUT2D eigenvalue weighted by Crippen LogP contribution is -2.24. The Kier molecular flexibility index (Phi) is 9.85. The van der Waals surface area contributed by atoms with Crippen molar-refractivity contribution in [1.82, 2.24) is 0 Å². The van der Waals surface area contributed by atoms with Crippen LogP contribution in [0.5, 0.6) is 5.75 Å². The van der Waals surface area contributed by atoms with E-state index in [2.05, 4.69) is 11.7 Å². The monoisotopic (exact) mass is 548 g/mol. The second-order valence-electron chi connectivity index (χ2n) is 9.99. The fraction of sp³-hybridized carbons (Fsp3) is 0.367. The summed E-state index contributed by atoms with van der Waals surface area (Å²) in [7, 11) is 0. The molecule has 0 heterocycles. The first-order chi connectivity index (χ1) is 17.8. The van der Waals surface area contributed by atoms with Crippen molar-refractivity contribution in [3.8, 4) is 5.75 Å². The fourth-order valence-corrected chi connectivity index (χ4v) is 4.20. The molecule has 0 N–H and O–H groups in total. The summed E-state index contributed by atoms with van der Waals surface area (Å²) < 4.78 is 53.3. The van der Waals surface area contributed by atoms with E-state index >= 15 is 0 Å². The maximum absolute atomic E-state index is 12.5. The summed E-state index contributed by atoms with van der Waals surface area (Å²) in [4.78, 5) is 12.5. The molecule has 38 heavy (non-hydrogen) atoms. The second-order valence-corrected chi connectivity index (χ2v) is 10.4. The van der Waals surface area contributed by atoms with Crippen LogP contribution in [-0.4, -0.2) is 17.9 Å². The van der Waals surface area contributed by atoms with Crippen LogP contribution in [0.15, 0.2) is 72.8 Å². The SMILES string of the molecule is CCC[C@H](c1ccc(C(=O)OC(C)(C)C)cc1)C(OCc1ccc(OC(F)(F)F)cc1)c1ccc(Cl)cc1. The molecular weight excluding hydrogens is 517 g/mol. The number of carbonyl (C=O) groups is 1. The third kappa shape index (κ3) is 9.07. The van der Waals surface area contributed by atoms with Crippen LogP contribution in [0.4, 0.5) is 13.2 Å². The summed E-state index contributed by atoms with van der Waals surface area (Å²) in [5.41, 5.74) is 2.48. The normalized spacial score (nSPS) is 13.6. The van der Waals surface area contributed by atoms with E-state index in [1.54, 1.807) is 36.4 Å². The van der Waals surface area contributed by atoms with Gasteiger partial charge in [0, 0.05) is 10.9 Å². The van der Waals surface area contributed by atoms with Crippen molar-refractivity contribution >= 4 is 17.6 Å². The van der Waals surface area contributed by atoms with Gasteiger partial charge in [-0.25, -0.2) is 4.79 Å². The lowest BCUT2D eigenvalue weighted by molar-refractivity contribution is -0.274. The molecule has 0 fully saturated rings. The average molecular weight is 549 g/mol. The van der Waals surface area contributed by atoms with Crippen LogP contribution in [0, 0.1) is 0 Å². The third-order valence-corrected chi connectivity index (χ3v) is 5.98. The summed E-state index contributed by atoms with van der Waals surface area (Å²) in [6.45, 7) is 7.72. The maximum atomic E-state index is 12.5. The van der Waals surface area contributed by atoms with E-state index < -0.39 is 12.0 Å². The molecule has 2 atom stereocenters. The van der Waals surface area contributed by atoms with Crippen LogP contribution in [0.3, 0.4) is 0 Å². The van der Waals surface area contributed by atoms with Crippen LogP contribution in [-0.2, 0) is 16.1 Å². The predicted octanol–water partition coefficient (Wildman–Crippen LogP) is 9.04. The number of esters is 1. The van der Waals surface area contributed by atoms with Gasteiger partial charge in [-0.1, -0.05) is 61.3 Å². The van der Waals surface area contributed by atoms with Gasteiger partial charge in [0.25, 0.3) is 0 Å². The van der Waals surface area contributed by atoms with Gasteiger partial charge in [-0.3, -0.25) is 0 Å². The summed E-state index contributed by atoms with van der Waals surface area (Å²) in [5, 5.41) is 0.599. The molecule has 3 aromatic rings. The number of hydrogen-bond acceptors (Lipinski definition) is 4. The maximum Gasteiger partial charge on any atom is 0.573 e. The zero-order valence-electron chi connectivity index (χ0n) is 21.8. The van der Waals surface area contributed by atoms with E-state index in [0.717, 1.165) is 24.0 Å². The predicted molar refractivity (Wildman–Crippen MR) is 141 cm³/mol. The Bertz CT molecular complexity index is 1170. The van der Waals surface area contributed by atoms with E-state index in [1.807, 2.05) is 45.0 Å². The van der Waals surface area contributed by atoms with Crippen molar-refractivity contribution in [2.24, 2.45) is 0 Å². The summed E-state index contributed by atoms with van der Waals surface area (Å²) >= 11 is 6.12. The van der Waals surface area contributed by atoms with Gasteiger partial charge in [0.2, 0.25) is 0 Å². The Morgan fingerprint density at radius 1 is 0.868 bits per heavy atom. The van der Waals surface area contributed by atoms with Crippen molar-refractivity contribution in [2.45, 2.75) is 71.1 Å². The van der Waals surface area contributed by atoms with Gasteiger partial charge in [-0.05, 0) is 80.3 Å². The average Bonchev–Trinajstić information content (AvgIpc) is 2.83. The molecule has 0 amide bonds. The zero-order valence-corrected chi connectivity index (χ0v) is 22.6. The number of rotatable bonds is 10. The summed E-state index contributed by atoms with van der Waals surface area (Å²) in [6.07, 6.45) is -3.43. The van der Waals surface area contributed by atoms with Crippen molar-refractivity contribution in [2.75, 3.05) is 0 Å². The van der Waals surface area contributed by atoms with Crippen LogP contribution in [0.25, 0.3) is 0 Å². The molecule has 0 saturated heterocycles. The van der Waals surface area contributed by atoms with E-state index in [-0.39, 0.29) is 30.3 Å². The molecule has 3 rings (SSSR count). The molecule has 8 heteroatoms. The van der Waals surface area contributed by atoms with Gasteiger partial charge in [0.1, 0.15) is 11.4 Å². The van der Waals surface area contributed by atoms with Crippen LogP contribution in [0.2, 0.25) is 5.02 Å². The zero-order chi connectivity index (χ0) is 27.9. The molecule has 0 aliphatic heterocycles. The molecule has 3 aromatic carbocycles. The van der Waals surface area contributed by atoms with Gasteiger partial charge in [0.15, 0.2) is 0 Å². The molecular formula is C30H32ClF3O4. The van der Waals surface area contributed by atoms with Crippen LogP contribution < -0.4 is 4.74 Å². The van der Waals surface area contributed by atoms with Crippen molar-refractivity contribution in [3.63, 3.8) is 0 Å². The quantitative estimate of drug-likeness (QED) is 0.237. The lowest BCUT2D eigenvalue weighted by atomic mass is 9.85. The molecule has 0 aliphatic rings. The molecule has 4 nitrogen and oxygen atoms in total. The lowest BCUT2D eigenvalue weighted by Gasteiger charge is -2.29. The minimum atomic E-state index is -4.75. The molecule has 0 radical (unpaired) electrons. The van der Waals surface area contributed by atoms with Gasteiger partial charge in [-0.2, -0.15) is 0 Å². The first-order valence-electron chi connectivity index (χ1n) is 12.4. The van der Waals surface area contributed by atoms with Gasteiger partial charge >= 0.3 is 12.3 Å². The molecule has 0 aliphatic carbocycles.